The molecule has 0 fully saturated rings. The molecule has 0 saturated heterocycles. The zero-order valence-corrected chi connectivity index (χ0v) is 15.1. The smallest absolute Gasteiger partial charge is 0.339 e. The van der Waals surface area contributed by atoms with E-state index >= 15 is 0 Å². The van der Waals surface area contributed by atoms with Gasteiger partial charge in [-0.3, -0.25) is 9.78 Å². The minimum absolute atomic E-state index is 0.0223. The lowest BCUT2D eigenvalue weighted by Crippen LogP contribution is -2.23. The standard InChI is InChI=1S/C17H19N3O6/c1-20(2)16(21)12-8-18-7-11(19-12)9-6-10(17(22)23)14(25-4)15(26-5)13(9)24-3/h6-8H,1-5H3,(H,22,23). The Hall–Kier alpha value is -3.36. The van der Waals surface area contributed by atoms with Crippen LogP contribution in [0.25, 0.3) is 11.3 Å². The number of rotatable bonds is 6. The molecule has 0 bridgehead atoms. The minimum atomic E-state index is -1.21. The molecule has 0 saturated carbocycles. The number of benzene rings is 1. The van der Waals surface area contributed by atoms with E-state index in [0.717, 1.165) is 0 Å². The van der Waals surface area contributed by atoms with E-state index in [4.69, 9.17) is 14.2 Å². The Morgan fingerprint density at radius 1 is 1.00 bits per heavy atom. The Balaban J connectivity index is 2.77. The maximum atomic E-state index is 12.1. The van der Waals surface area contributed by atoms with E-state index in [0.29, 0.717) is 5.56 Å². The molecular weight excluding hydrogens is 342 g/mol. The van der Waals surface area contributed by atoms with Gasteiger partial charge in [-0.15, -0.1) is 0 Å². The predicted octanol–water partition coefficient (Wildman–Crippen LogP) is 1.57. The highest BCUT2D eigenvalue weighted by Crippen LogP contribution is 2.46. The van der Waals surface area contributed by atoms with Crippen LogP contribution in [0, 0.1) is 0 Å². The summed E-state index contributed by atoms with van der Waals surface area (Å²) >= 11 is 0. The van der Waals surface area contributed by atoms with Gasteiger partial charge >= 0.3 is 5.97 Å². The Bertz CT molecular complexity index is 851. The van der Waals surface area contributed by atoms with Crippen molar-refractivity contribution < 1.29 is 28.9 Å². The molecule has 26 heavy (non-hydrogen) atoms. The van der Waals surface area contributed by atoms with E-state index in [1.807, 2.05) is 0 Å². The fourth-order valence-corrected chi connectivity index (χ4v) is 2.39. The molecular formula is C17H19N3O6. The lowest BCUT2D eigenvalue weighted by atomic mass is 10.0. The normalized spacial score (nSPS) is 10.2. The van der Waals surface area contributed by atoms with Crippen LogP contribution in [-0.4, -0.2) is 67.3 Å². The van der Waals surface area contributed by atoms with E-state index in [-0.39, 0.29) is 40.1 Å². The molecule has 0 spiro atoms. The average molecular weight is 361 g/mol. The Labute approximate surface area is 150 Å². The summed E-state index contributed by atoms with van der Waals surface area (Å²) in [5.74, 6) is -1.20. The van der Waals surface area contributed by atoms with E-state index in [1.165, 1.54) is 44.7 Å². The van der Waals surface area contributed by atoms with Crippen LogP contribution >= 0.6 is 0 Å². The second kappa shape index (κ2) is 7.68. The number of carbonyl (C=O) groups is 2. The number of carbonyl (C=O) groups excluding carboxylic acids is 1. The van der Waals surface area contributed by atoms with Crippen LogP contribution in [0.15, 0.2) is 18.5 Å². The van der Waals surface area contributed by atoms with Gasteiger partial charge in [-0.2, -0.15) is 0 Å². The molecule has 9 heteroatoms. The third kappa shape index (κ3) is 3.37. The van der Waals surface area contributed by atoms with Crippen LogP contribution in [0.5, 0.6) is 17.2 Å². The molecule has 0 aliphatic carbocycles. The first-order valence-electron chi connectivity index (χ1n) is 7.46. The fraction of sp³-hybridized carbons (Fsp3) is 0.294. The lowest BCUT2D eigenvalue weighted by molar-refractivity contribution is 0.0692. The van der Waals surface area contributed by atoms with E-state index in [1.54, 1.807) is 14.1 Å². The molecule has 0 aliphatic rings. The summed E-state index contributed by atoms with van der Waals surface area (Å²) in [6.07, 6.45) is 2.74. The number of carboxylic acid groups (broad SMARTS) is 1. The van der Waals surface area contributed by atoms with Gasteiger partial charge < -0.3 is 24.2 Å². The van der Waals surface area contributed by atoms with Crippen molar-refractivity contribution in [1.29, 1.82) is 0 Å². The van der Waals surface area contributed by atoms with Crippen LogP contribution in [0.1, 0.15) is 20.8 Å². The van der Waals surface area contributed by atoms with Crippen molar-refractivity contribution in [1.82, 2.24) is 14.9 Å². The molecule has 9 nitrogen and oxygen atoms in total. The van der Waals surface area contributed by atoms with Gasteiger partial charge in [-0.1, -0.05) is 0 Å². The van der Waals surface area contributed by atoms with Crippen LogP contribution < -0.4 is 14.2 Å². The largest absolute Gasteiger partial charge is 0.492 e. The molecule has 1 amide bonds. The first-order chi connectivity index (χ1) is 12.3. The summed E-state index contributed by atoms with van der Waals surface area (Å²) in [4.78, 5) is 33.4. The molecule has 1 aromatic heterocycles. The topological polar surface area (TPSA) is 111 Å². The highest BCUT2D eigenvalue weighted by atomic mass is 16.5. The zero-order valence-electron chi connectivity index (χ0n) is 15.1. The summed E-state index contributed by atoms with van der Waals surface area (Å²) in [5, 5.41) is 9.49. The van der Waals surface area contributed by atoms with Gasteiger partial charge in [0, 0.05) is 19.7 Å². The highest BCUT2D eigenvalue weighted by Gasteiger charge is 2.26. The first-order valence-corrected chi connectivity index (χ1v) is 7.46. The quantitative estimate of drug-likeness (QED) is 0.825. The molecule has 138 valence electrons. The second-order valence-corrected chi connectivity index (χ2v) is 5.37. The van der Waals surface area contributed by atoms with Gasteiger partial charge in [0.1, 0.15) is 11.3 Å². The summed E-state index contributed by atoms with van der Waals surface area (Å²) in [6, 6.07) is 1.34. The molecule has 1 aromatic carbocycles. The molecule has 2 aromatic rings. The van der Waals surface area contributed by atoms with Gasteiger partial charge in [-0.25, -0.2) is 9.78 Å². The highest BCUT2D eigenvalue weighted by molar-refractivity contribution is 5.96. The first kappa shape index (κ1) is 19.0. The second-order valence-electron chi connectivity index (χ2n) is 5.37. The van der Waals surface area contributed by atoms with Crippen molar-refractivity contribution in [3.63, 3.8) is 0 Å². The van der Waals surface area contributed by atoms with Gasteiger partial charge in [0.15, 0.2) is 11.5 Å². The minimum Gasteiger partial charge on any atom is -0.492 e. The maximum Gasteiger partial charge on any atom is 0.339 e. The number of amides is 1. The molecule has 0 atom stereocenters. The molecule has 0 unspecified atom stereocenters. The zero-order chi connectivity index (χ0) is 19.4. The van der Waals surface area contributed by atoms with Gasteiger partial charge in [0.2, 0.25) is 5.75 Å². The van der Waals surface area contributed by atoms with Crippen molar-refractivity contribution >= 4 is 11.9 Å². The van der Waals surface area contributed by atoms with Crippen LogP contribution in [-0.2, 0) is 0 Å². The summed E-state index contributed by atoms with van der Waals surface area (Å²) in [6.45, 7) is 0. The van der Waals surface area contributed by atoms with Crippen molar-refractivity contribution in [2.24, 2.45) is 0 Å². The lowest BCUT2D eigenvalue weighted by Gasteiger charge is -2.18. The third-order valence-electron chi connectivity index (χ3n) is 3.57. The number of aromatic nitrogens is 2. The molecule has 0 radical (unpaired) electrons. The van der Waals surface area contributed by atoms with E-state index < -0.39 is 5.97 Å². The van der Waals surface area contributed by atoms with Crippen molar-refractivity contribution in [3.8, 4) is 28.5 Å². The van der Waals surface area contributed by atoms with Gasteiger partial charge in [0.05, 0.1) is 39.4 Å². The maximum absolute atomic E-state index is 12.1. The molecule has 1 N–H and O–H groups in total. The van der Waals surface area contributed by atoms with Gasteiger partial charge in [0.25, 0.3) is 5.91 Å². The molecule has 0 aliphatic heterocycles. The predicted molar refractivity (Wildman–Crippen MR) is 92.1 cm³/mol. The number of carboxylic acids is 1. The van der Waals surface area contributed by atoms with Crippen molar-refractivity contribution in [2.75, 3.05) is 35.4 Å². The van der Waals surface area contributed by atoms with Crippen LogP contribution in [0.3, 0.4) is 0 Å². The van der Waals surface area contributed by atoms with Crippen molar-refractivity contribution in [2.45, 2.75) is 0 Å². The van der Waals surface area contributed by atoms with E-state index in [2.05, 4.69) is 9.97 Å². The number of nitrogens with zero attached hydrogens (tertiary/aromatic N) is 3. The number of hydrogen-bond donors (Lipinski definition) is 1. The number of methoxy groups -OCH3 is 3. The van der Waals surface area contributed by atoms with Gasteiger partial charge in [-0.05, 0) is 6.07 Å². The summed E-state index contributed by atoms with van der Waals surface area (Å²) in [5.41, 5.74) is 0.550. The number of ether oxygens (including phenoxy) is 3. The molecule has 2 rings (SSSR count). The Morgan fingerprint density at radius 3 is 2.12 bits per heavy atom. The van der Waals surface area contributed by atoms with E-state index in [9.17, 15) is 14.7 Å². The summed E-state index contributed by atoms with van der Waals surface area (Å²) < 4.78 is 15.8. The number of hydrogen-bond acceptors (Lipinski definition) is 7. The van der Waals surface area contributed by atoms with Crippen LogP contribution in [0.4, 0.5) is 0 Å². The fourth-order valence-electron chi connectivity index (χ4n) is 2.39. The van der Waals surface area contributed by atoms with Crippen LogP contribution in [0.2, 0.25) is 0 Å². The number of aromatic carboxylic acids is 1. The Morgan fingerprint density at radius 2 is 1.62 bits per heavy atom. The average Bonchev–Trinajstić information content (AvgIpc) is 2.65. The van der Waals surface area contributed by atoms with Crippen molar-refractivity contribution in [3.05, 3.63) is 29.7 Å². The monoisotopic (exact) mass is 361 g/mol. The molecule has 1 heterocycles. The Kier molecular flexibility index (Phi) is 5.61. The third-order valence-corrected chi connectivity index (χ3v) is 3.57. The summed E-state index contributed by atoms with van der Waals surface area (Å²) in [7, 11) is 7.29. The SMILES string of the molecule is COc1c(C(=O)O)cc(-c2cncc(C(=O)N(C)C)n2)c(OC)c1OC.